The minimum Gasteiger partial charge on any atom is -0.308 e. The molecule has 0 radical (unpaired) electrons. The van der Waals surface area contributed by atoms with Crippen molar-refractivity contribution in [1.82, 2.24) is 10.2 Å². The van der Waals surface area contributed by atoms with Crippen molar-refractivity contribution < 1.29 is 4.39 Å². The number of halogens is 1. The van der Waals surface area contributed by atoms with E-state index in [-0.39, 0.29) is 12.2 Å². The topological polar surface area (TPSA) is 15.3 Å². The summed E-state index contributed by atoms with van der Waals surface area (Å²) < 4.78 is 12.6. The summed E-state index contributed by atoms with van der Waals surface area (Å²) in [4.78, 5) is 2.40. The molecule has 0 amide bonds. The second-order valence-corrected chi connectivity index (χ2v) is 5.43. The van der Waals surface area contributed by atoms with Crippen LogP contribution in [0.1, 0.15) is 39.5 Å². The molecule has 1 atom stereocenters. The number of hydrogen-bond acceptors (Lipinski definition) is 2. The van der Waals surface area contributed by atoms with Gasteiger partial charge in [0.25, 0.3) is 0 Å². The number of hydrogen-bond donors (Lipinski definition) is 1. The Bertz CT molecular complexity index is 224. The van der Waals surface area contributed by atoms with Gasteiger partial charge in [-0.05, 0) is 31.6 Å². The normalized spacial score (nSPS) is 30.6. The Morgan fingerprint density at radius 3 is 2.50 bits per heavy atom. The summed E-state index contributed by atoms with van der Waals surface area (Å²) in [6.45, 7) is 7.00. The van der Waals surface area contributed by atoms with Crippen molar-refractivity contribution in [2.45, 2.75) is 51.1 Å². The van der Waals surface area contributed by atoms with Crippen LogP contribution in [-0.4, -0.2) is 42.8 Å². The zero-order valence-corrected chi connectivity index (χ0v) is 10.6. The van der Waals surface area contributed by atoms with E-state index >= 15 is 0 Å². The summed E-state index contributed by atoms with van der Waals surface area (Å²) in [6.07, 6.45) is 4.98. The third-order valence-corrected chi connectivity index (χ3v) is 4.55. The summed E-state index contributed by atoms with van der Waals surface area (Å²) in [5, 5.41) is 3.73. The fourth-order valence-corrected chi connectivity index (χ4v) is 3.03. The summed E-state index contributed by atoms with van der Waals surface area (Å²) in [6, 6.07) is 0.599. The van der Waals surface area contributed by atoms with Gasteiger partial charge in [0.05, 0.1) is 0 Å². The molecule has 2 fully saturated rings. The Kier molecular flexibility index (Phi) is 3.85. The van der Waals surface area contributed by atoms with E-state index in [1.807, 2.05) is 0 Å². The second kappa shape index (κ2) is 5.01. The van der Waals surface area contributed by atoms with Gasteiger partial charge in [-0.25, -0.2) is 4.39 Å². The van der Waals surface area contributed by atoms with Gasteiger partial charge in [-0.1, -0.05) is 13.8 Å². The van der Waals surface area contributed by atoms with E-state index in [2.05, 4.69) is 24.1 Å². The molecule has 94 valence electrons. The van der Waals surface area contributed by atoms with Crippen LogP contribution in [0.25, 0.3) is 0 Å². The molecule has 16 heavy (non-hydrogen) atoms. The van der Waals surface area contributed by atoms with Crippen LogP contribution < -0.4 is 5.32 Å². The third-order valence-electron chi connectivity index (χ3n) is 4.55. The first-order valence-corrected chi connectivity index (χ1v) is 6.79. The zero-order chi connectivity index (χ0) is 11.6. The average Bonchev–Trinajstić information content (AvgIpc) is 3.13. The van der Waals surface area contributed by atoms with Crippen LogP contribution >= 0.6 is 0 Å². The minimum atomic E-state index is -0.202. The van der Waals surface area contributed by atoms with Crippen molar-refractivity contribution in [2.75, 3.05) is 26.3 Å². The first-order valence-electron chi connectivity index (χ1n) is 6.79. The Balaban J connectivity index is 2.01. The molecule has 2 nitrogen and oxygen atoms in total. The molecule has 0 aromatic carbocycles. The maximum Gasteiger partial charge on any atom is 0.102 e. The quantitative estimate of drug-likeness (QED) is 0.776. The molecule has 0 aromatic heterocycles. The van der Waals surface area contributed by atoms with Gasteiger partial charge in [0.15, 0.2) is 0 Å². The Morgan fingerprint density at radius 1 is 1.31 bits per heavy atom. The highest BCUT2D eigenvalue weighted by molar-refractivity contribution is 5.01. The zero-order valence-electron chi connectivity index (χ0n) is 10.6. The SMILES string of the molecule is CCC1(CC)CN(CCF)C(C2CC2)CN1. The molecular weight excluding hydrogens is 203 g/mol. The van der Waals surface area contributed by atoms with Crippen molar-refractivity contribution in [3.05, 3.63) is 0 Å². The number of nitrogens with zero attached hydrogens (tertiary/aromatic N) is 1. The highest BCUT2D eigenvalue weighted by Gasteiger charge is 2.42. The molecule has 1 unspecified atom stereocenters. The van der Waals surface area contributed by atoms with Gasteiger partial charge in [0, 0.05) is 31.2 Å². The van der Waals surface area contributed by atoms with Gasteiger partial charge >= 0.3 is 0 Å². The maximum atomic E-state index is 12.6. The highest BCUT2D eigenvalue weighted by atomic mass is 19.1. The Morgan fingerprint density at radius 2 is 2.00 bits per heavy atom. The predicted molar refractivity (Wildman–Crippen MR) is 65.4 cm³/mol. The molecule has 1 aliphatic heterocycles. The van der Waals surface area contributed by atoms with Crippen LogP contribution in [0.4, 0.5) is 4.39 Å². The van der Waals surface area contributed by atoms with Crippen LogP contribution in [0.2, 0.25) is 0 Å². The van der Waals surface area contributed by atoms with Crippen molar-refractivity contribution >= 4 is 0 Å². The van der Waals surface area contributed by atoms with Crippen LogP contribution in [0.5, 0.6) is 0 Å². The molecule has 3 heteroatoms. The fourth-order valence-electron chi connectivity index (χ4n) is 3.03. The highest BCUT2D eigenvalue weighted by Crippen LogP contribution is 2.38. The maximum absolute atomic E-state index is 12.6. The predicted octanol–water partition coefficient (Wildman–Crippen LogP) is 2.20. The first-order chi connectivity index (χ1) is 7.74. The standard InChI is InChI=1S/C13H25FN2/c1-3-13(4-2)10-16(8-7-14)12(9-15-13)11-5-6-11/h11-12,15H,3-10H2,1-2H3. The molecule has 1 aliphatic carbocycles. The number of rotatable bonds is 5. The second-order valence-electron chi connectivity index (χ2n) is 5.43. The first kappa shape index (κ1) is 12.3. The lowest BCUT2D eigenvalue weighted by Gasteiger charge is -2.47. The Labute approximate surface area is 98.6 Å². The van der Waals surface area contributed by atoms with Crippen LogP contribution in [0, 0.1) is 5.92 Å². The lowest BCUT2D eigenvalue weighted by molar-refractivity contribution is 0.0572. The van der Waals surface area contributed by atoms with Crippen LogP contribution in [0.3, 0.4) is 0 Å². The van der Waals surface area contributed by atoms with E-state index < -0.39 is 0 Å². The largest absolute Gasteiger partial charge is 0.308 e. The monoisotopic (exact) mass is 228 g/mol. The molecule has 2 rings (SSSR count). The molecule has 1 saturated heterocycles. The van der Waals surface area contributed by atoms with Gasteiger partial charge in [0.1, 0.15) is 6.67 Å². The number of alkyl halides is 1. The fraction of sp³-hybridized carbons (Fsp3) is 1.00. The van der Waals surface area contributed by atoms with Gasteiger partial charge in [0.2, 0.25) is 0 Å². The lowest BCUT2D eigenvalue weighted by Crippen LogP contribution is -2.64. The van der Waals surface area contributed by atoms with E-state index in [0.29, 0.717) is 12.6 Å². The lowest BCUT2D eigenvalue weighted by atomic mass is 9.87. The molecule has 0 aromatic rings. The molecule has 0 spiro atoms. The molecule has 0 bridgehead atoms. The van der Waals surface area contributed by atoms with E-state index in [9.17, 15) is 4.39 Å². The van der Waals surface area contributed by atoms with Crippen molar-refractivity contribution in [1.29, 1.82) is 0 Å². The number of nitrogens with one attached hydrogen (secondary N) is 1. The smallest absolute Gasteiger partial charge is 0.102 e. The summed E-state index contributed by atoms with van der Waals surface area (Å²) in [5.74, 6) is 0.839. The van der Waals surface area contributed by atoms with E-state index in [0.717, 1.165) is 31.8 Å². The summed E-state index contributed by atoms with van der Waals surface area (Å²) in [7, 11) is 0. The van der Waals surface area contributed by atoms with E-state index in [1.54, 1.807) is 0 Å². The molecule has 1 N–H and O–H groups in total. The molecular formula is C13H25FN2. The van der Waals surface area contributed by atoms with Crippen LogP contribution in [-0.2, 0) is 0 Å². The Hall–Kier alpha value is -0.150. The van der Waals surface area contributed by atoms with E-state index in [1.165, 1.54) is 12.8 Å². The summed E-state index contributed by atoms with van der Waals surface area (Å²) >= 11 is 0. The van der Waals surface area contributed by atoms with Crippen molar-refractivity contribution in [3.63, 3.8) is 0 Å². The van der Waals surface area contributed by atoms with E-state index in [4.69, 9.17) is 0 Å². The third kappa shape index (κ3) is 2.40. The van der Waals surface area contributed by atoms with Gasteiger partial charge in [-0.15, -0.1) is 0 Å². The van der Waals surface area contributed by atoms with Crippen molar-refractivity contribution in [2.24, 2.45) is 5.92 Å². The minimum absolute atomic E-state index is 0.202. The molecule has 2 aliphatic rings. The summed E-state index contributed by atoms with van der Waals surface area (Å²) in [5.41, 5.74) is 0.237. The van der Waals surface area contributed by atoms with Gasteiger partial charge in [-0.2, -0.15) is 0 Å². The average molecular weight is 228 g/mol. The molecule has 1 heterocycles. The number of piperazine rings is 1. The van der Waals surface area contributed by atoms with Gasteiger partial charge in [-0.3, -0.25) is 4.90 Å². The van der Waals surface area contributed by atoms with Crippen LogP contribution in [0.15, 0.2) is 0 Å². The van der Waals surface area contributed by atoms with Gasteiger partial charge < -0.3 is 5.32 Å². The van der Waals surface area contributed by atoms with Crippen molar-refractivity contribution in [3.8, 4) is 0 Å². The molecule has 1 saturated carbocycles.